The summed E-state index contributed by atoms with van der Waals surface area (Å²) in [5.74, 6) is -1.58. The molecular weight excluding hydrogens is 422 g/mol. The van der Waals surface area contributed by atoms with E-state index < -0.39 is 20.2 Å². The Morgan fingerprint density at radius 2 is 1.96 bits per heavy atom. The summed E-state index contributed by atoms with van der Waals surface area (Å²) < 4.78 is 6.79. The predicted octanol–water partition coefficient (Wildman–Crippen LogP) is 3.80. The van der Waals surface area contributed by atoms with Crippen molar-refractivity contribution >= 4 is 60.6 Å². The van der Waals surface area contributed by atoms with Crippen LogP contribution in [0, 0.1) is 5.92 Å². The molecule has 3 atom stereocenters. The summed E-state index contributed by atoms with van der Waals surface area (Å²) in [6.07, 6.45) is 1.57. The molecule has 6 nitrogen and oxygen atoms in total. The molecule has 2 aliphatic heterocycles. The Bertz CT molecular complexity index is 689. The predicted molar refractivity (Wildman–Crippen MR) is 115 cm³/mol. The lowest BCUT2D eigenvalue weighted by atomic mass is 9.92. The summed E-state index contributed by atoms with van der Waals surface area (Å²) in [6.45, 7) is 12.6. The second-order valence-electron chi connectivity index (χ2n) is 8.15. The molecule has 2 fully saturated rings. The molecule has 0 aromatic rings. The van der Waals surface area contributed by atoms with E-state index in [9.17, 15) is 19.5 Å². The molecule has 0 aromatic heterocycles. The van der Waals surface area contributed by atoms with Gasteiger partial charge in [-0.3, -0.25) is 14.5 Å². The number of aliphatic carboxylic acids is 1. The molecule has 1 N–H and O–H groups in total. The third kappa shape index (κ3) is 4.44. The number of β-lactam (4-membered cyclic amide) rings is 1. The fraction of sp³-hybridized carbons (Fsp3) is 0.706. The molecule has 2 rings (SSSR count). The number of nitrogens with zero attached hydrogens (tertiary/aromatic N) is 1. The third-order valence-electron chi connectivity index (χ3n) is 5.28. The van der Waals surface area contributed by atoms with Gasteiger partial charge >= 0.3 is 5.97 Å². The van der Waals surface area contributed by atoms with Gasteiger partial charge in [-0.1, -0.05) is 20.8 Å². The topological polar surface area (TPSA) is 83.9 Å². The van der Waals surface area contributed by atoms with Crippen LogP contribution < -0.4 is 0 Å². The summed E-state index contributed by atoms with van der Waals surface area (Å²) >= 11 is 3.54. The summed E-state index contributed by atoms with van der Waals surface area (Å²) in [4.78, 5) is 37.7. The van der Waals surface area contributed by atoms with E-state index in [2.05, 4.69) is 33.9 Å². The number of carboxylic acids is 1. The van der Waals surface area contributed by atoms with Gasteiger partial charge in [-0.05, 0) is 43.1 Å². The first kappa shape index (κ1) is 22.9. The Hall–Kier alpha value is -0.423. The van der Waals surface area contributed by atoms with Crippen LogP contribution in [0.15, 0.2) is 9.93 Å². The van der Waals surface area contributed by atoms with E-state index in [1.54, 1.807) is 0 Å². The number of thioether (sulfide) groups is 3. The normalized spacial score (nSPS) is 26.9. The van der Waals surface area contributed by atoms with Crippen LogP contribution >= 0.6 is 35.3 Å². The van der Waals surface area contributed by atoms with E-state index in [-0.39, 0.29) is 39.0 Å². The maximum Gasteiger partial charge on any atom is 0.354 e. The lowest BCUT2D eigenvalue weighted by Gasteiger charge is -2.50. The highest BCUT2D eigenvalue weighted by Gasteiger charge is 2.55. The molecular formula is C17H27NO5S3Si. The fourth-order valence-electron chi connectivity index (χ4n) is 2.82. The molecule has 2 heterocycles. The van der Waals surface area contributed by atoms with Gasteiger partial charge in [0.05, 0.1) is 27.4 Å². The zero-order valence-corrected chi connectivity index (χ0v) is 20.1. The van der Waals surface area contributed by atoms with Gasteiger partial charge in [-0.15, -0.1) is 23.5 Å². The lowest BCUT2D eigenvalue weighted by molar-refractivity contribution is -0.156. The molecule has 1 amide bonds. The molecule has 27 heavy (non-hydrogen) atoms. The molecule has 0 aliphatic carbocycles. The first-order valence-corrected chi connectivity index (χ1v) is 14.7. The van der Waals surface area contributed by atoms with Gasteiger partial charge in [0.25, 0.3) is 0 Å². The van der Waals surface area contributed by atoms with Crippen molar-refractivity contribution in [1.29, 1.82) is 0 Å². The molecule has 0 spiro atoms. The summed E-state index contributed by atoms with van der Waals surface area (Å²) in [5, 5.41) is 9.30. The Labute approximate surface area is 174 Å². The van der Waals surface area contributed by atoms with Crippen LogP contribution in [0.5, 0.6) is 0 Å². The van der Waals surface area contributed by atoms with E-state index in [0.29, 0.717) is 4.24 Å². The van der Waals surface area contributed by atoms with Crippen LogP contribution in [0.25, 0.3) is 0 Å². The van der Waals surface area contributed by atoms with Crippen molar-refractivity contribution < 1.29 is 23.9 Å². The Balaban J connectivity index is 2.26. The van der Waals surface area contributed by atoms with E-state index in [1.807, 2.05) is 13.2 Å². The summed E-state index contributed by atoms with van der Waals surface area (Å²) in [7, 11) is -2.05. The van der Waals surface area contributed by atoms with Crippen molar-refractivity contribution in [2.45, 2.75) is 57.3 Å². The van der Waals surface area contributed by atoms with E-state index in [1.165, 1.54) is 28.4 Å². The summed E-state index contributed by atoms with van der Waals surface area (Å²) in [5.41, 5.74) is -0.0732. The number of rotatable bonds is 6. The van der Waals surface area contributed by atoms with E-state index in [4.69, 9.17) is 4.43 Å². The number of carbonyl (C=O) groups is 3. The van der Waals surface area contributed by atoms with Gasteiger partial charge in [0, 0.05) is 0 Å². The quantitative estimate of drug-likeness (QED) is 0.372. The van der Waals surface area contributed by atoms with Crippen LogP contribution in [0.4, 0.5) is 0 Å². The molecule has 0 radical (unpaired) electrons. The molecule has 3 unspecified atom stereocenters. The highest BCUT2D eigenvalue weighted by Crippen LogP contribution is 2.47. The largest absolute Gasteiger partial charge is 0.477 e. The number of likely N-dealkylation sites (tertiary alicyclic amines) is 1. The van der Waals surface area contributed by atoms with Crippen molar-refractivity contribution in [2.24, 2.45) is 5.92 Å². The molecule has 2 aliphatic rings. The average molecular weight is 450 g/mol. The minimum absolute atomic E-state index is 0.0221. The van der Waals surface area contributed by atoms with E-state index >= 15 is 0 Å². The van der Waals surface area contributed by atoms with Gasteiger partial charge in [0.1, 0.15) is 0 Å². The smallest absolute Gasteiger partial charge is 0.354 e. The first-order valence-electron chi connectivity index (χ1n) is 8.66. The second-order valence-corrected chi connectivity index (χ2v) is 16.2. The molecule has 2 saturated heterocycles. The zero-order valence-electron chi connectivity index (χ0n) is 16.7. The first-order chi connectivity index (χ1) is 12.3. The van der Waals surface area contributed by atoms with Crippen molar-refractivity contribution in [3.63, 3.8) is 0 Å². The number of carbonyl (C=O) groups excluding carboxylic acids is 2. The van der Waals surface area contributed by atoms with Gasteiger partial charge in [0.15, 0.2) is 14.0 Å². The standard InChI is InChI=1S/C17H27NO5S3Si/c1-9(23-27(6,7)17(2,3)4)11-13(20)18(14(11)24-5)12(15(21)22)16-25-8-10(19)26-16/h9,11,14H,8H2,1-7H3,(H,21,22). The van der Waals surface area contributed by atoms with Gasteiger partial charge in [0.2, 0.25) is 11.0 Å². The van der Waals surface area contributed by atoms with E-state index in [0.717, 1.165) is 11.8 Å². The van der Waals surface area contributed by atoms with Crippen molar-refractivity contribution in [2.75, 3.05) is 12.0 Å². The fourth-order valence-corrected chi connectivity index (χ4v) is 7.46. The van der Waals surface area contributed by atoms with Crippen LogP contribution in [-0.2, 0) is 18.8 Å². The Kier molecular flexibility index (Phi) is 6.89. The van der Waals surface area contributed by atoms with Crippen LogP contribution in [-0.4, -0.2) is 58.8 Å². The van der Waals surface area contributed by atoms with Crippen LogP contribution in [0.2, 0.25) is 18.1 Å². The van der Waals surface area contributed by atoms with Crippen LogP contribution in [0.1, 0.15) is 27.7 Å². The SMILES string of the molecule is CSC1C(C(C)O[Si](C)(C)C(C)(C)C)C(=O)N1C(C(=O)O)=C1SCC(=O)S1. The second kappa shape index (κ2) is 8.14. The number of amides is 1. The molecule has 0 aromatic carbocycles. The van der Waals surface area contributed by atoms with Crippen LogP contribution in [0.3, 0.4) is 0 Å². The lowest BCUT2D eigenvalue weighted by Crippen LogP contribution is -2.64. The maximum atomic E-state index is 12.9. The van der Waals surface area contributed by atoms with Gasteiger partial charge < -0.3 is 9.53 Å². The van der Waals surface area contributed by atoms with Crippen molar-refractivity contribution in [3.8, 4) is 0 Å². The molecule has 10 heteroatoms. The third-order valence-corrected chi connectivity index (χ3v) is 13.2. The monoisotopic (exact) mass is 449 g/mol. The Morgan fingerprint density at radius 1 is 1.37 bits per heavy atom. The van der Waals surface area contributed by atoms with Crippen molar-refractivity contribution in [1.82, 2.24) is 4.90 Å². The van der Waals surface area contributed by atoms with Crippen molar-refractivity contribution in [3.05, 3.63) is 9.93 Å². The minimum Gasteiger partial charge on any atom is -0.477 e. The zero-order chi connectivity index (χ0) is 20.7. The highest BCUT2D eigenvalue weighted by atomic mass is 32.2. The maximum absolute atomic E-state index is 12.9. The number of carboxylic acid groups (broad SMARTS) is 1. The molecule has 152 valence electrons. The minimum atomic E-state index is -2.05. The van der Waals surface area contributed by atoms with Gasteiger partial charge in [-0.25, -0.2) is 4.79 Å². The molecule has 0 saturated carbocycles. The summed E-state index contributed by atoms with van der Waals surface area (Å²) in [6, 6.07) is 0. The Morgan fingerprint density at radius 3 is 2.37 bits per heavy atom. The number of hydrogen-bond acceptors (Lipinski definition) is 7. The number of hydrogen-bond donors (Lipinski definition) is 1. The molecule has 0 bridgehead atoms. The highest BCUT2D eigenvalue weighted by molar-refractivity contribution is 8.34. The average Bonchev–Trinajstić information content (AvgIpc) is 2.93. The van der Waals surface area contributed by atoms with Gasteiger partial charge in [-0.2, -0.15) is 0 Å².